The molecule has 1 atom stereocenters. The van der Waals surface area contributed by atoms with Gasteiger partial charge in [-0.1, -0.05) is 20.3 Å². The first-order valence-corrected chi connectivity index (χ1v) is 7.31. The second-order valence-corrected chi connectivity index (χ2v) is 5.01. The molecule has 0 aliphatic rings. The van der Waals surface area contributed by atoms with Crippen molar-refractivity contribution in [3.8, 4) is 0 Å². The minimum atomic E-state index is -0.329. The van der Waals surface area contributed by atoms with Gasteiger partial charge in [-0.2, -0.15) is 0 Å². The molecule has 5 heteroatoms. The van der Waals surface area contributed by atoms with Crippen LogP contribution in [0.4, 0.5) is 5.69 Å². The average molecular weight is 292 g/mol. The second-order valence-electron chi connectivity index (χ2n) is 5.01. The molecule has 0 bridgehead atoms. The lowest BCUT2D eigenvalue weighted by molar-refractivity contribution is -0.119. The van der Waals surface area contributed by atoms with Gasteiger partial charge in [0.15, 0.2) is 0 Å². The predicted molar refractivity (Wildman–Crippen MR) is 83.4 cm³/mol. The fourth-order valence-corrected chi connectivity index (χ4v) is 1.75. The molecule has 21 heavy (non-hydrogen) atoms. The molecule has 2 N–H and O–H groups in total. The SMILES string of the molecule is CCCCOC(=O)c1ccc(NC(=O)C(C)CNC)cc1. The number of anilines is 1. The lowest BCUT2D eigenvalue weighted by Crippen LogP contribution is -2.28. The number of rotatable bonds is 8. The molecule has 1 aromatic carbocycles. The Morgan fingerprint density at radius 1 is 1.24 bits per heavy atom. The van der Waals surface area contributed by atoms with Gasteiger partial charge in [-0.05, 0) is 37.7 Å². The number of unbranched alkanes of at least 4 members (excludes halogenated alkanes) is 1. The molecule has 0 radical (unpaired) electrons. The highest BCUT2D eigenvalue weighted by Crippen LogP contribution is 2.12. The van der Waals surface area contributed by atoms with E-state index in [0.29, 0.717) is 24.4 Å². The van der Waals surface area contributed by atoms with E-state index < -0.39 is 0 Å². The van der Waals surface area contributed by atoms with E-state index in [1.807, 2.05) is 20.9 Å². The monoisotopic (exact) mass is 292 g/mol. The van der Waals surface area contributed by atoms with Crippen LogP contribution in [-0.2, 0) is 9.53 Å². The first kappa shape index (κ1) is 17.2. The summed E-state index contributed by atoms with van der Waals surface area (Å²) in [5.74, 6) is -0.499. The van der Waals surface area contributed by atoms with Gasteiger partial charge in [0, 0.05) is 18.2 Å². The van der Waals surface area contributed by atoms with Crippen molar-refractivity contribution < 1.29 is 14.3 Å². The zero-order chi connectivity index (χ0) is 15.7. The maximum absolute atomic E-state index is 11.9. The number of ether oxygens (including phenoxy) is 1. The number of amides is 1. The molecule has 116 valence electrons. The number of hydrogen-bond acceptors (Lipinski definition) is 4. The van der Waals surface area contributed by atoms with Gasteiger partial charge >= 0.3 is 5.97 Å². The van der Waals surface area contributed by atoms with E-state index in [4.69, 9.17) is 4.74 Å². The molecular weight excluding hydrogens is 268 g/mol. The summed E-state index contributed by atoms with van der Waals surface area (Å²) in [6.45, 7) is 4.95. The summed E-state index contributed by atoms with van der Waals surface area (Å²) in [7, 11) is 1.81. The highest BCUT2D eigenvalue weighted by molar-refractivity contribution is 5.94. The Balaban J connectivity index is 2.53. The molecule has 0 saturated carbocycles. The Morgan fingerprint density at radius 3 is 2.48 bits per heavy atom. The highest BCUT2D eigenvalue weighted by atomic mass is 16.5. The van der Waals surface area contributed by atoms with Crippen molar-refractivity contribution in [3.05, 3.63) is 29.8 Å². The van der Waals surface area contributed by atoms with Crippen molar-refractivity contribution in [1.82, 2.24) is 5.32 Å². The zero-order valence-corrected chi connectivity index (χ0v) is 12.9. The number of nitrogens with one attached hydrogen (secondary N) is 2. The molecule has 0 spiro atoms. The van der Waals surface area contributed by atoms with E-state index in [2.05, 4.69) is 10.6 Å². The largest absolute Gasteiger partial charge is 0.462 e. The van der Waals surface area contributed by atoms with Crippen molar-refractivity contribution in [2.75, 3.05) is 25.5 Å². The summed E-state index contributed by atoms with van der Waals surface area (Å²) < 4.78 is 5.13. The molecule has 0 aromatic heterocycles. The third-order valence-corrected chi connectivity index (χ3v) is 3.08. The Morgan fingerprint density at radius 2 is 1.90 bits per heavy atom. The van der Waals surface area contributed by atoms with E-state index in [1.54, 1.807) is 24.3 Å². The summed E-state index contributed by atoms with van der Waals surface area (Å²) in [5.41, 5.74) is 1.17. The quantitative estimate of drug-likeness (QED) is 0.570. The van der Waals surface area contributed by atoms with Crippen molar-refractivity contribution >= 4 is 17.6 Å². The third kappa shape index (κ3) is 5.95. The summed E-state index contributed by atoms with van der Waals surface area (Å²) >= 11 is 0. The summed E-state index contributed by atoms with van der Waals surface area (Å²) in [6, 6.07) is 6.74. The molecule has 0 saturated heterocycles. The van der Waals surface area contributed by atoms with Gasteiger partial charge in [0.25, 0.3) is 0 Å². The van der Waals surface area contributed by atoms with Gasteiger partial charge < -0.3 is 15.4 Å². The summed E-state index contributed by atoms with van der Waals surface area (Å²) in [6.07, 6.45) is 1.85. The average Bonchev–Trinajstić information content (AvgIpc) is 2.48. The van der Waals surface area contributed by atoms with Crippen LogP contribution in [-0.4, -0.2) is 32.1 Å². The fourth-order valence-electron chi connectivity index (χ4n) is 1.75. The summed E-state index contributed by atoms with van der Waals surface area (Å²) in [5, 5.41) is 5.77. The fraction of sp³-hybridized carbons (Fsp3) is 0.500. The van der Waals surface area contributed by atoms with Crippen molar-refractivity contribution in [3.63, 3.8) is 0 Å². The Hall–Kier alpha value is -1.88. The normalized spacial score (nSPS) is 11.8. The van der Waals surface area contributed by atoms with Gasteiger partial charge in [-0.3, -0.25) is 4.79 Å². The minimum Gasteiger partial charge on any atom is -0.462 e. The van der Waals surface area contributed by atoms with Crippen molar-refractivity contribution in [2.45, 2.75) is 26.7 Å². The predicted octanol–water partition coefficient (Wildman–Crippen LogP) is 2.44. The maximum atomic E-state index is 11.9. The van der Waals surface area contributed by atoms with E-state index in [-0.39, 0.29) is 17.8 Å². The van der Waals surface area contributed by atoms with E-state index in [9.17, 15) is 9.59 Å². The first-order chi connectivity index (χ1) is 10.1. The Bertz CT molecular complexity index is 457. The molecule has 0 fully saturated rings. The van der Waals surface area contributed by atoms with E-state index in [1.165, 1.54) is 0 Å². The number of carbonyl (C=O) groups excluding carboxylic acids is 2. The topological polar surface area (TPSA) is 67.4 Å². The Labute approximate surface area is 126 Å². The highest BCUT2D eigenvalue weighted by Gasteiger charge is 2.12. The summed E-state index contributed by atoms with van der Waals surface area (Å²) in [4.78, 5) is 23.6. The van der Waals surface area contributed by atoms with Crippen molar-refractivity contribution in [2.24, 2.45) is 5.92 Å². The lowest BCUT2D eigenvalue weighted by Gasteiger charge is -2.11. The molecule has 1 aromatic rings. The second kappa shape index (κ2) is 9.13. The number of benzene rings is 1. The van der Waals surface area contributed by atoms with Crippen LogP contribution in [0.1, 0.15) is 37.0 Å². The zero-order valence-electron chi connectivity index (χ0n) is 12.9. The molecular formula is C16H24N2O3. The van der Waals surface area contributed by atoms with Crippen LogP contribution in [0.15, 0.2) is 24.3 Å². The number of hydrogen-bond donors (Lipinski definition) is 2. The van der Waals surface area contributed by atoms with Crippen LogP contribution < -0.4 is 10.6 Å². The van der Waals surface area contributed by atoms with Gasteiger partial charge in [0.1, 0.15) is 0 Å². The Kier molecular flexibility index (Phi) is 7.46. The van der Waals surface area contributed by atoms with Crippen LogP contribution in [0, 0.1) is 5.92 Å². The minimum absolute atomic E-state index is 0.0531. The maximum Gasteiger partial charge on any atom is 0.338 e. The van der Waals surface area contributed by atoms with Crippen LogP contribution in [0.25, 0.3) is 0 Å². The smallest absolute Gasteiger partial charge is 0.338 e. The van der Waals surface area contributed by atoms with Crippen LogP contribution in [0.2, 0.25) is 0 Å². The van der Waals surface area contributed by atoms with Gasteiger partial charge in [0.05, 0.1) is 12.2 Å². The first-order valence-electron chi connectivity index (χ1n) is 7.31. The lowest BCUT2D eigenvalue weighted by atomic mass is 10.1. The van der Waals surface area contributed by atoms with Gasteiger partial charge in [0.2, 0.25) is 5.91 Å². The van der Waals surface area contributed by atoms with Gasteiger partial charge in [-0.15, -0.1) is 0 Å². The van der Waals surface area contributed by atoms with Crippen LogP contribution in [0.5, 0.6) is 0 Å². The standard InChI is InChI=1S/C16H24N2O3/c1-4-5-10-21-16(20)13-6-8-14(9-7-13)18-15(19)12(2)11-17-3/h6-9,12,17H,4-5,10-11H2,1-3H3,(H,18,19). The third-order valence-electron chi connectivity index (χ3n) is 3.08. The molecule has 0 heterocycles. The molecule has 1 unspecified atom stereocenters. The van der Waals surface area contributed by atoms with E-state index in [0.717, 1.165) is 12.8 Å². The molecule has 1 amide bonds. The van der Waals surface area contributed by atoms with E-state index >= 15 is 0 Å². The van der Waals surface area contributed by atoms with Crippen molar-refractivity contribution in [1.29, 1.82) is 0 Å². The molecule has 0 aliphatic heterocycles. The number of carbonyl (C=O) groups is 2. The molecule has 0 aliphatic carbocycles. The number of esters is 1. The molecule has 5 nitrogen and oxygen atoms in total. The molecule has 1 rings (SSSR count). The van der Waals surface area contributed by atoms with Gasteiger partial charge in [-0.25, -0.2) is 4.79 Å². The van der Waals surface area contributed by atoms with Crippen LogP contribution >= 0.6 is 0 Å². The van der Waals surface area contributed by atoms with Crippen LogP contribution in [0.3, 0.4) is 0 Å².